The van der Waals surface area contributed by atoms with Gasteiger partial charge in [0.15, 0.2) is 5.13 Å². The molecule has 0 saturated carbocycles. The van der Waals surface area contributed by atoms with E-state index in [-0.39, 0.29) is 5.91 Å². The second-order valence-electron chi connectivity index (χ2n) is 5.10. The van der Waals surface area contributed by atoms with Gasteiger partial charge in [-0.2, -0.15) is 0 Å². The lowest BCUT2D eigenvalue weighted by atomic mass is 10.1. The third-order valence-electron chi connectivity index (χ3n) is 3.18. The maximum Gasteiger partial charge on any atom is 0.231 e. The Kier molecular flexibility index (Phi) is 4.65. The van der Waals surface area contributed by atoms with Crippen molar-refractivity contribution in [2.45, 2.75) is 19.8 Å². The van der Waals surface area contributed by atoms with Crippen LogP contribution in [0.25, 0.3) is 0 Å². The zero-order valence-corrected chi connectivity index (χ0v) is 13.8. The molecular formula is C17H16N2OS2. The molecule has 3 aromatic rings. The maximum atomic E-state index is 12.0. The highest BCUT2D eigenvalue weighted by molar-refractivity contribution is 7.15. The summed E-state index contributed by atoms with van der Waals surface area (Å²) >= 11 is 3.13. The first-order chi connectivity index (χ1) is 10.7. The van der Waals surface area contributed by atoms with Crippen molar-refractivity contribution in [1.82, 2.24) is 4.98 Å². The van der Waals surface area contributed by atoms with Gasteiger partial charge < -0.3 is 5.32 Å². The molecule has 0 aliphatic rings. The fourth-order valence-electron chi connectivity index (χ4n) is 2.21. The minimum absolute atomic E-state index is 0.0149. The van der Waals surface area contributed by atoms with Crippen LogP contribution in [-0.2, 0) is 17.6 Å². The molecule has 1 amide bonds. The van der Waals surface area contributed by atoms with Gasteiger partial charge in [0.2, 0.25) is 5.91 Å². The highest BCUT2D eigenvalue weighted by Gasteiger charge is 2.08. The van der Waals surface area contributed by atoms with Gasteiger partial charge in [0.1, 0.15) is 0 Å². The molecule has 112 valence electrons. The molecule has 0 saturated heterocycles. The van der Waals surface area contributed by atoms with E-state index in [1.807, 2.05) is 23.7 Å². The number of hydrogen-bond donors (Lipinski definition) is 1. The van der Waals surface area contributed by atoms with Crippen molar-refractivity contribution in [3.8, 4) is 0 Å². The van der Waals surface area contributed by atoms with Crippen LogP contribution in [0.15, 0.2) is 48.0 Å². The number of carbonyl (C=O) groups excluding carboxylic acids is 1. The number of thiazole rings is 1. The van der Waals surface area contributed by atoms with Gasteiger partial charge in [-0.1, -0.05) is 35.9 Å². The van der Waals surface area contributed by atoms with Crippen molar-refractivity contribution >= 4 is 33.7 Å². The largest absolute Gasteiger partial charge is 0.302 e. The Labute approximate surface area is 137 Å². The summed E-state index contributed by atoms with van der Waals surface area (Å²) in [5.41, 5.74) is 2.52. The zero-order valence-electron chi connectivity index (χ0n) is 12.2. The van der Waals surface area contributed by atoms with Gasteiger partial charge in [-0.15, -0.1) is 22.7 Å². The van der Waals surface area contributed by atoms with Crippen LogP contribution >= 0.6 is 22.7 Å². The van der Waals surface area contributed by atoms with E-state index in [0.29, 0.717) is 11.6 Å². The van der Waals surface area contributed by atoms with Crippen LogP contribution in [0.1, 0.15) is 20.9 Å². The second kappa shape index (κ2) is 6.85. The smallest absolute Gasteiger partial charge is 0.231 e. The second-order valence-corrected chi connectivity index (χ2v) is 7.25. The lowest BCUT2D eigenvalue weighted by Crippen LogP contribution is -2.13. The fourth-order valence-corrected chi connectivity index (χ4v) is 3.77. The first-order valence-corrected chi connectivity index (χ1v) is 8.71. The predicted molar refractivity (Wildman–Crippen MR) is 92.8 cm³/mol. The third-order valence-corrected chi connectivity index (χ3v) is 4.96. The molecule has 1 N–H and O–H groups in total. The van der Waals surface area contributed by atoms with E-state index >= 15 is 0 Å². The standard InChI is InChI=1S/C17H16N2OS2/c1-12-4-2-5-13(8-12)9-15-11-18-17(22-15)19-16(20)10-14-6-3-7-21-14/h2-8,11H,9-10H2,1H3,(H,18,19,20). The Hall–Kier alpha value is -1.98. The van der Waals surface area contributed by atoms with Gasteiger partial charge in [-0.3, -0.25) is 4.79 Å². The quantitative estimate of drug-likeness (QED) is 0.759. The molecule has 2 aromatic heterocycles. The van der Waals surface area contributed by atoms with E-state index in [4.69, 9.17) is 0 Å². The predicted octanol–water partition coefficient (Wildman–Crippen LogP) is 4.29. The number of amides is 1. The van der Waals surface area contributed by atoms with E-state index in [1.54, 1.807) is 11.3 Å². The van der Waals surface area contributed by atoms with E-state index in [2.05, 4.69) is 41.5 Å². The van der Waals surface area contributed by atoms with Gasteiger partial charge in [0.25, 0.3) is 0 Å². The summed E-state index contributed by atoms with van der Waals surface area (Å²) < 4.78 is 0. The number of rotatable bonds is 5. The highest BCUT2D eigenvalue weighted by Crippen LogP contribution is 2.22. The molecule has 0 fully saturated rings. The number of hydrogen-bond acceptors (Lipinski definition) is 4. The molecule has 0 atom stereocenters. The summed E-state index contributed by atoms with van der Waals surface area (Å²) in [6.45, 7) is 2.09. The highest BCUT2D eigenvalue weighted by atomic mass is 32.1. The van der Waals surface area contributed by atoms with Gasteiger partial charge >= 0.3 is 0 Å². The van der Waals surface area contributed by atoms with Gasteiger partial charge in [0.05, 0.1) is 6.42 Å². The SMILES string of the molecule is Cc1cccc(Cc2cnc(NC(=O)Cc3cccs3)s2)c1. The molecule has 0 spiro atoms. The van der Waals surface area contributed by atoms with Gasteiger partial charge in [-0.25, -0.2) is 4.98 Å². The number of carbonyl (C=O) groups is 1. The monoisotopic (exact) mass is 328 g/mol. The normalized spacial score (nSPS) is 10.6. The molecular weight excluding hydrogens is 312 g/mol. The Morgan fingerprint density at radius 3 is 2.91 bits per heavy atom. The van der Waals surface area contributed by atoms with Crippen LogP contribution in [0.3, 0.4) is 0 Å². The average Bonchev–Trinajstić information content (AvgIpc) is 3.11. The zero-order chi connectivity index (χ0) is 15.4. The van der Waals surface area contributed by atoms with Crippen molar-refractivity contribution in [1.29, 1.82) is 0 Å². The van der Waals surface area contributed by atoms with Crippen molar-refractivity contribution in [2.24, 2.45) is 0 Å². The number of nitrogens with one attached hydrogen (secondary N) is 1. The van der Waals surface area contributed by atoms with Crippen LogP contribution in [-0.4, -0.2) is 10.9 Å². The maximum absolute atomic E-state index is 12.0. The number of anilines is 1. The first-order valence-electron chi connectivity index (χ1n) is 7.01. The number of benzene rings is 1. The van der Waals surface area contributed by atoms with E-state index < -0.39 is 0 Å². The van der Waals surface area contributed by atoms with E-state index in [0.717, 1.165) is 16.2 Å². The Morgan fingerprint density at radius 2 is 2.14 bits per heavy atom. The molecule has 0 aliphatic heterocycles. The first kappa shape index (κ1) is 14.9. The van der Waals surface area contributed by atoms with Gasteiger partial charge in [-0.05, 0) is 23.9 Å². The van der Waals surface area contributed by atoms with E-state index in [9.17, 15) is 4.79 Å². The summed E-state index contributed by atoms with van der Waals surface area (Å²) in [4.78, 5) is 18.5. The molecule has 0 aliphatic carbocycles. The summed E-state index contributed by atoms with van der Waals surface area (Å²) in [6.07, 6.45) is 3.10. The number of thiophene rings is 1. The summed E-state index contributed by atoms with van der Waals surface area (Å²) in [5, 5.41) is 5.52. The van der Waals surface area contributed by atoms with Crippen molar-refractivity contribution in [3.63, 3.8) is 0 Å². The Balaban J connectivity index is 1.60. The van der Waals surface area contributed by atoms with Crippen molar-refractivity contribution < 1.29 is 4.79 Å². The lowest BCUT2D eigenvalue weighted by Gasteiger charge is -2.00. The summed E-state index contributed by atoms with van der Waals surface area (Å²) in [5.74, 6) is -0.0149. The molecule has 2 heterocycles. The minimum Gasteiger partial charge on any atom is -0.302 e. The van der Waals surface area contributed by atoms with Crippen LogP contribution in [0, 0.1) is 6.92 Å². The molecule has 22 heavy (non-hydrogen) atoms. The Morgan fingerprint density at radius 1 is 1.23 bits per heavy atom. The molecule has 0 unspecified atom stereocenters. The Bertz CT molecular complexity index is 763. The molecule has 1 aromatic carbocycles. The summed E-state index contributed by atoms with van der Waals surface area (Å²) in [6, 6.07) is 12.4. The lowest BCUT2D eigenvalue weighted by molar-refractivity contribution is -0.115. The van der Waals surface area contributed by atoms with Crippen LogP contribution < -0.4 is 5.32 Å². The van der Waals surface area contributed by atoms with Gasteiger partial charge in [0, 0.05) is 22.4 Å². The van der Waals surface area contributed by atoms with Crippen molar-refractivity contribution in [3.05, 3.63) is 68.9 Å². The molecule has 0 bridgehead atoms. The minimum atomic E-state index is -0.0149. The number of nitrogens with zero attached hydrogens (tertiary/aromatic N) is 1. The van der Waals surface area contributed by atoms with E-state index in [1.165, 1.54) is 22.5 Å². The van der Waals surface area contributed by atoms with Crippen LogP contribution in [0.2, 0.25) is 0 Å². The number of aryl methyl sites for hydroxylation is 1. The molecule has 5 heteroatoms. The van der Waals surface area contributed by atoms with Crippen LogP contribution in [0.4, 0.5) is 5.13 Å². The fraction of sp³-hybridized carbons (Fsp3) is 0.176. The molecule has 3 rings (SSSR count). The molecule has 0 radical (unpaired) electrons. The number of aromatic nitrogens is 1. The topological polar surface area (TPSA) is 42.0 Å². The van der Waals surface area contributed by atoms with Crippen molar-refractivity contribution in [2.75, 3.05) is 5.32 Å². The third kappa shape index (κ3) is 4.02. The van der Waals surface area contributed by atoms with Crippen LogP contribution in [0.5, 0.6) is 0 Å². The molecule has 3 nitrogen and oxygen atoms in total. The summed E-state index contributed by atoms with van der Waals surface area (Å²) in [7, 11) is 0. The average molecular weight is 328 g/mol.